The van der Waals surface area contributed by atoms with Gasteiger partial charge in [-0.2, -0.15) is 0 Å². The Labute approximate surface area is 58.3 Å². The molecule has 0 spiro atoms. The summed E-state index contributed by atoms with van der Waals surface area (Å²) in [6, 6.07) is 9.97. The lowest BCUT2D eigenvalue weighted by Gasteiger charge is -1.83. The van der Waals surface area contributed by atoms with Gasteiger partial charge in [-0.05, 0) is 12.1 Å². The van der Waals surface area contributed by atoms with Crippen LogP contribution in [0.15, 0.2) is 30.3 Å². The normalized spacial score (nSPS) is 7.67. The lowest BCUT2D eigenvalue weighted by Crippen LogP contribution is -1.68. The van der Waals surface area contributed by atoms with Crippen molar-refractivity contribution in [3.63, 3.8) is 0 Å². The number of rotatable bonds is 0. The van der Waals surface area contributed by atoms with Crippen LogP contribution in [0.5, 0.6) is 0 Å². The Bertz CT molecular complexity index is 228. The molecule has 0 fully saturated rings. The van der Waals surface area contributed by atoms with E-state index in [4.69, 9.17) is 0 Å². The van der Waals surface area contributed by atoms with Crippen molar-refractivity contribution in [3.8, 4) is 11.5 Å². The summed E-state index contributed by atoms with van der Waals surface area (Å²) in [6.45, 7) is 0. The summed E-state index contributed by atoms with van der Waals surface area (Å²) in [5, 5.41) is 0. The summed E-state index contributed by atoms with van der Waals surface area (Å²) in [6.07, 6.45) is 0. The Balaban J connectivity index is 2.94. The Morgan fingerprint density at radius 1 is 1.11 bits per heavy atom. The van der Waals surface area contributed by atoms with Crippen molar-refractivity contribution in [2.75, 3.05) is 0 Å². The first-order valence-electron chi connectivity index (χ1n) is 2.76. The molecule has 1 rings (SSSR count). The van der Waals surface area contributed by atoms with Crippen molar-refractivity contribution >= 4 is 10.2 Å². The minimum Gasteiger partial charge on any atom is -0.137 e. The van der Waals surface area contributed by atoms with E-state index in [0.717, 1.165) is 5.56 Å². The van der Waals surface area contributed by atoms with Gasteiger partial charge in [0.2, 0.25) is 0 Å². The van der Waals surface area contributed by atoms with Crippen LogP contribution in [0.25, 0.3) is 0 Å². The summed E-state index contributed by atoms with van der Waals surface area (Å²) in [5.74, 6) is 2.97. The number of hydrogen-bond donors (Lipinski definition) is 0. The zero-order valence-corrected chi connectivity index (χ0v) is 6.51. The largest absolute Gasteiger partial charge is 0.137 e. The average Bonchev–Trinajstić information content (AvgIpc) is 1.91. The molecule has 0 heterocycles. The second kappa shape index (κ2) is 3.11. The van der Waals surface area contributed by atoms with Crippen molar-refractivity contribution < 1.29 is 0 Å². The van der Waals surface area contributed by atoms with Crippen LogP contribution in [0.2, 0.25) is 0 Å². The molecule has 0 amide bonds. The maximum absolute atomic E-state index is 2.97. The average molecular weight is 131 g/mol. The molecule has 9 heavy (non-hydrogen) atoms. The SMILES string of the molecule is [SiH2]C#Cc1ccccc1. The quantitative estimate of drug-likeness (QED) is 0.358. The smallest absolute Gasteiger partial charge is 0.107 e. The standard InChI is InChI=1S/C8H7Si/c9-7-6-8-4-2-1-3-5-8/h1-5H,9H2. The monoisotopic (exact) mass is 131 g/mol. The summed E-state index contributed by atoms with van der Waals surface area (Å²) >= 11 is 0. The van der Waals surface area contributed by atoms with Crippen LogP contribution in [0, 0.1) is 11.5 Å². The van der Waals surface area contributed by atoms with Gasteiger partial charge in [-0.3, -0.25) is 0 Å². The van der Waals surface area contributed by atoms with E-state index in [9.17, 15) is 0 Å². The van der Waals surface area contributed by atoms with Crippen molar-refractivity contribution in [1.82, 2.24) is 0 Å². The maximum atomic E-state index is 2.97. The van der Waals surface area contributed by atoms with Gasteiger partial charge >= 0.3 is 0 Å². The Morgan fingerprint density at radius 2 is 1.78 bits per heavy atom. The third-order valence-corrected chi connectivity index (χ3v) is 1.18. The van der Waals surface area contributed by atoms with Gasteiger partial charge in [0.15, 0.2) is 0 Å². The molecule has 1 aromatic carbocycles. The zero-order chi connectivity index (χ0) is 6.53. The molecule has 0 nitrogen and oxygen atoms in total. The molecular weight excluding hydrogens is 124 g/mol. The molecular formula is C8H7Si. The minimum absolute atomic E-state index is 1.09. The number of hydrogen-bond acceptors (Lipinski definition) is 0. The first-order chi connectivity index (χ1) is 4.43. The van der Waals surface area contributed by atoms with Crippen LogP contribution in [0.4, 0.5) is 0 Å². The second-order valence-electron chi connectivity index (χ2n) is 1.67. The Morgan fingerprint density at radius 3 is 2.33 bits per heavy atom. The molecule has 0 aliphatic heterocycles. The highest BCUT2D eigenvalue weighted by molar-refractivity contribution is 6.22. The van der Waals surface area contributed by atoms with Gasteiger partial charge in [0.1, 0.15) is 10.2 Å². The van der Waals surface area contributed by atoms with Crippen LogP contribution in [0.1, 0.15) is 5.56 Å². The van der Waals surface area contributed by atoms with Crippen molar-refractivity contribution in [2.45, 2.75) is 0 Å². The molecule has 0 aromatic heterocycles. The van der Waals surface area contributed by atoms with Crippen LogP contribution < -0.4 is 0 Å². The van der Waals surface area contributed by atoms with Crippen LogP contribution >= 0.6 is 0 Å². The fraction of sp³-hybridized carbons (Fsp3) is 0. The zero-order valence-electron chi connectivity index (χ0n) is 5.09. The molecule has 0 atom stereocenters. The van der Waals surface area contributed by atoms with Crippen LogP contribution in [-0.2, 0) is 0 Å². The molecule has 0 saturated heterocycles. The Kier molecular flexibility index (Phi) is 2.11. The molecule has 1 radical (unpaired) electrons. The topological polar surface area (TPSA) is 0 Å². The van der Waals surface area contributed by atoms with E-state index in [1.54, 1.807) is 10.2 Å². The van der Waals surface area contributed by atoms with Crippen LogP contribution in [0.3, 0.4) is 0 Å². The first-order valence-corrected chi connectivity index (χ1v) is 3.47. The van der Waals surface area contributed by atoms with Gasteiger partial charge < -0.3 is 0 Å². The van der Waals surface area contributed by atoms with E-state index in [-0.39, 0.29) is 0 Å². The first kappa shape index (κ1) is 6.12. The summed E-state index contributed by atoms with van der Waals surface area (Å²) < 4.78 is 0. The molecule has 0 unspecified atom stereocenters. The number of benzene rings is 1. The van der Waals surface area contributed by atoms with E-state index in [1.165, 1.54) is 0 Å². The van der Waals surface area contributed by atoms with E-state index < -0.39 is 0 Å². The molecule has 43 valence electrons. The molecule has 0 N–H and O–H groups in total. The van der Waals surface area contributed by atoms with Crippen molar-refractivity contribution in [2.24, 2.45) is 0 Å². The van der Waals surface area contributed by atoms with Crippen molar-refractivity contribution in [1.29, 1.82) is 0 Å². The third kappa shape index (κ3) is 1.75. The minimum atomic E-state index is 1.09. The fourth-order valence-corrected chi connectivity index (χ4v) is 0.828. The van der Waals surface area contributed by atoms with E-state index >= 15 is 0 Å². The molecule has 1 aromatic rings. The van der Waals surface area contributed by atoms with Gasteiger partial charge in [-0.1, -0.05) is 24.1 Å². The highest BCUT2D eigenvalue weighted by atomic mass is 28.1. The van der Waals surface area contributed by atoms with Gasteiger partial charge in [0.25, 0.3) is 0 Å². The van der Waals surface area contributed by atoms with Crippen molar-refractivity contribution in [3.05, 3.63) is 35.9 Å². The van der Waals surface area contributed by atoms with Gasteiger partial charge in [0, 0.05) is 5.56 Å². The van der Waals surface area contributed by atoms with Gasteiger partial charge in [-0.25, -0.2) is 0 Å². The summed E-state index contributed by atoms with van der Waals surface area (Å²) in [7, 11) is 1.66. The summed E-state index contributed by atoms with van der Waals surface area (Å²) in [4.78, 5) is 0. The maximum Gasteiger partial charge on any atom is 0.107 e. The molecule has 1 heteroatoms. The second-order valence-corrected chi connectivity index (χ2v) is 2.02. The lowest BCUT2D eigenvalue weighted by molar-refractivity contribution is 1.65. The van der Waals surface area contributed by atoms with E-state index in [2.05, 4.69) is 11.5 Å². The van der Waals surface area contributed by atoms with Crippen LogP contribution in [-0.4, -0.2) is 10.2 Å². The molecule has 0 aliphatic carbocycles. The third-order valence-electron chi connectivity index (χ3n) is 1.01. The van der Waals surface area contributed by atoms with Gasteiger partial charge in [-0.15, -0.1) is 5.54 Å². The lowest BCUT2D eigenvalue weighted by atomic mass is 10.2. The molecule has 0 aliphatic rings. The van der Waals surface area contributed by atoms with Gasteiger partial charge in [0.05, 0.1) is 0 Å². The fourth-order valence-electron chi connectivity index (χ4n) is 0.624. The van der Waals surface area contributed by atoms with E-state index in [0.29, 0.717) is 0 Å². The molecule has 0 saturated carbocycles. The van der Waals surface area contributed by atoms with E-state index in [1.807, 2.05) is 30.3 Å². The molecule has 0 bridgehead atoms. The highest BCUT2D eigenvalue weighted by Gasteiger charge is 1.77. The predicted molar refractivity (Wildman–Crippen MR) is 41.9 cm³/mol. The Hall–Kier alpha value is -1.00. The highest BCUT2D eigenvalue weighted by Crippen LogP contribution is 1.93. The predicted octanol–water partition coefficient (Wildman–Crippen LogP) is 0.629. The summed E-state index contributed by atoms with van der Waals surface area (Å²) in [5.41, 5.74) is 3.95.